The van der Waals surface area contributed by atoms with Gasteiger partial charge in [-0.05, 0) is 31.4 Å². The van der Waals surface area contributed by atoms with Crippen molar-refractivity contribution in [3.63, 3.8) is 0 Å². The van der Waals surface area contributed by atoms with E-state index in [-0.39, 0.29) is 46.3 Å². The molecule has 13 heteroatoms. The van der Waals surface area contributed by atoms with E-state index in [4.69, 9.17) is 10.5 Å². The van der Waals surface area contributed by atoms with Gasteiger partial charge in [0.25, 0.3) is 5.91 Å². The number of piperidine rings is 1. The number of aromatic nitrogens is 6. The predicted molar refractivity (Wildman–Crippen MR) is 129 cm³/mol. The van der Waals surface area contributed by atoms with E-state index in [1.807, 2.05) is 6.07 Å². The molecule has 0 bridgehead atoms. The first-order valence-electron chi connectivity index (χ1n) is 12.0. The fourth-order valence-electron chi connectivity index (χ4n) is 5.55. The lowest BCUT2D eigenvalue weighted by atomic mass is 9.86. The third-order valence-corrected chi connectivity index (χ3v) is 7.54. The molecule has 0 aromatic carbocycles. The van der Waals surface area contributed by atoms with Crippen LogP contribution in [0.5, 0.6) is 5.88 Å². The van der Waals surface area contributed by atoms with E-state index in [2.05, 4.69) is 25.3 Å². The molecular weight excluding hydrogens is 493 g/mol. The van der Waals surface area contributed by atoms with Crippen molar-refractivity contribution < 1.29 is 18.7 Å². The molecule has 0 radical (unpaired) electrons. The quantitative estimate of drug-likeness (QED) is 0.405. The van der Waals surface area contributed by atoms with Crippen molar-refractivity contribution in [2.75, 3.05) is 13.7 Å². The number of nitrogens with two attached hydrogens (primary N) is 1. The minimum atomic E-state index is -0.681. The number of rotatable bonds is 5. The number of aromatic amines is 1. The Labute approximate surface area is 215 Å². The van der Waals surface area contributed by atoms with E-state index in [9.17, 15) is 19.2 Å². The average molecular weight is 516 g/mol. The second-order valence-electron chi connectivity index (χ2n) is 9.58. The molecule has 1 spiro atoms. The maximum atomic E-state index is 14.5. The highest BCUT2D eigenvalue weighted by Crippen LogP contribution is 2.61. The minimum Gasteiger partial charge on any atom is -0.481 e. The van der Waals surface area contributed by atoms with E-state index in [1.54, 1.807) is 27.9 Å². The van der Waals surface area contributed by atoms with Gasteiger partial charge in [-0.15, -0.1) is 0 Å². The number of nitriles is 1. The minimum absolute atomic E-state index is 0.143. The Bertz CT molecular complexity index is 1640. The Morgan fingerprint density at radius 1 is 1.32 bits per heavy atom. The number of likely N-dealkylation sites (tertiary alicyclic amines) is 1. The Hall–Kier alpha value is -4.86. The van der Waals surface area contributed by atoms with Gasteiger partial charge in [0.1, 0.15) is 17.5 Å². The highest BCUT2D eigenvalue weighted by molar-refractivity contribution is 5.95. The Balaban J connectivity index is 1.35. The van der Waals surface area contributed by atoms with Crippen LogP contribution < -0.4 is 10.5 Å². The van der Waals surface area contributed by atoms with E-state index < -0.39 is 17.3 Å². The first-order valence-corrected chi connectivity index (χ1v) is 12.0. The van der Waals surface area contributed by atoms with Gasteiger partial charge < -0.3 is 15.4 Å². The van der Waals surface area contributed by atoms with Crippen LogP contribution in [-0.2, 0) is 4.79 Å². The first-order chi connectivity index (χ1) is 18.3. The van der Waals surface area contributed by atoms with Crippen molar-refractivity contribution in [2.45, 2.75) is 30.7 Å². The van der Waals surface area contributed by atoms with Crippen LogP contribution in [0.15, 0.2) is 36.8 Å². The average Bonchev–Trinajstić information content (AvgIpc) is 3.26. The number of methoxy groups -OCH3 is 1. The standard InChI is InChI=1S/C25H22FN9O3/c1-38-21-6-15(18(26)12-29-21)19-7-20(33-32-19)24(37)34-4-2-13(22(28)36)8-25(34)9-17(25)16-11-30-35-5-3-14(10-27)31-23(16)35/h3,5-7,11-13,17H,2,4,8-9H2,1H3,(H2,28,36)(H,32,33). The third-order valence-electron chi connectivity index (χ3n) is 7.54. The Morgan fingerprint density at radius 2 is 2.16 bits per heavy atom. The van der Waals surface area contributed by atoms with Gasteiger partial charge in [0, 0.05) is 41.8 Å². The molecule has 3 unspecified atom stereocenters. The third kappa shape index (κ3) is 3.64. The largest absolute Gasteiger partial charge is 0.481 e. The summed E-state index contributed by atoms with van der Waals surface area (Å²) < 4.78 is 21.1. The second kappa shape index (κ2) is 8.62. The number of pyridine rings is 1. The fourth-order valence-corrected chi connectivity index (χ4v) is 5.55. The molecule has 1 saturated heterocycles. The van der Waals surface area contributed by atoms with E-state index in [0.717, 1.165) is 11.8 Å². The van der Waals surface area contributed by atoms with Gasteiger partial charge in [-0.25, -0.2) is 18.9 Å². The number of hydrogen-bond acceptors (Lipinski definition) is 8. The maximum absolute atomic E-state index is 14.5. The lowest BCUT2D eigenvalue weighted by Gasteiger charge is -2.40. The van der Waals surface area contributed by atoms with Crippen molar-refractivity contribution in [1.29, 1.82) is 5.26 Å². The summed E-state index contributed by atoms with van der Waals surface area (Å²) in [6.07, 6.45) is 5.79. The van der Waals surface area contributed by atoms with Gasteiger partial charge in [-0.3, -0.25) is 14.7 Å². The van der Waals surface area contributed by atoms with Gasteiger partial charge >= 0.3 is 0 Å². The van der Waals surface area contributed by atoms with Crippen LogP contribution >= 0.6 is 0 Å². The highest BCUT2D eigenvalue weighted by atomic mass is 19.1. The van der Waals surface area contributed by atoms with Crippen molar-refractivity contribution in [3.05, 3.63) is 59.6 Å². The predicted octanol–water partition coefficient (Wildman–Crippen LogP) is 1.80. The molecule has 2 fully saturated rings. The highest BCUT2D eigenvalue weighted by Gasteiger charge is 2.63. The zero-order valence-electron chi connectivity index (χ0n) is 20.3. The number of carbonyl (C=O) groups is 2. The molecule has 4 aromatic rings. The van der Waals surface area contributed by atoms with Crippen LogP contribution in [0, 0.1) is 23.1 Å². The molecule has 1 aliphatic heterocycles. The first kappa shape index (κ1) is 23.5. The number of halogens is 1. The van der Waals surface area contributed by atoms with Crippen LogP contribution in [-0.4, -0.2) is 65.7 Å². The van der Waals surface area contributed by atoms with Gasteiger partial charge in [0.15, 0.2) is 11.5 Å². The van der Waals surface area contributed by atoms with Gasteiger partial charge in [-0.2, -0.15) is 15.5 Å². The molecule has 2 amide bonds. The molecule has 3 atom stereocenters. The summed E-state index contributed by atoms with van der Waals surface area (Å²) in [6.45, 7) is 0.310. The zero-order valence-corrected chi connectivity index (χ0v) is 20.3. The van der Waals surface area contributed by atoms with Crippen molar-refractivity contribution in [2.24, 2.45) is 11.7 Å². The Kier molecular flexibility index (Phi) is 5.34. The summed E-state index contributed by atoms with van der Waals surface area (Å²) in [5.74, 6) is -1.65. The summed E-state index contributed by atoms with van der Waals surface area (Å²) >= 11 is 0. The fraction of sp³-hybridized carbons (Fsp3) is 0.320. The molecular formula is C25H22FN9O3. The molecule has 1 aliphatic carbocycles. The molecule has 6 rings (SSSR count). The summed E-state index contributed by atoms with van der Waals surface area (Å²) in [6, 6.07) is 6.50. The lowest BCUT2D eigenvalue weighted by molar-refractivity contribution is -0.124. The van der Waals surface area contributed by atoms with Crippen molar-refractivity contribution in [1.82, 2.24) is 34.7 Å². The monoisotopic (exact) mass is 515 g/mol. The van der Waals surface area contributed by atoms with Crippen LogP contribution in [0.3, 0.4) is 0 Å². The summed E-state index contributed by atoms with van der Waals surface area (Å²) in [7, 11) is 1.42. The van der Waals surface area contributed by atoms with Crippen LogP contribution in [0.25, 0.3) is 16.9 Å². The number of ether oxygens (including phenoxy) is 1. The van der Waals surface area contributed by atoms with Crippen LogP contribution in [0.4, 0.5) is 4.39 Å². The van der Waals surface area contributed by atoms with E-state index in [0.29, 0.717) is 31.5 Å². The number of primary amides is 1. The number of amides is 2. The SMILES string of the molecule is COc1cc(-c2cc(C(=O)N3CCC(C(N)=O)CC34CC4c3cnn4ccc(C#N)nc34)[nH]n2)c(F)cn1. The molecule has 1 saturated carbocycles. The number of fused-ring (bicyclic) bond motifs is 1. The van der Waals surface area contributed by atoms with Gasteiger partial charge in [0.05, 0.1) is 30.7 Å². The molecule has 38 heavy (non-hydrogen) atoms. The van der Waals surface area contributed by atoms with Crippen molar-refractivity contribution in [3.8, 4) is 23.2 Å². The van der Waals surface area contributed by atoms with Crippen LogP contribution in [0.1, 0.15) is 46.9 Å². The van der Waals surface area contributed by atoms with Gasteiger partial charge in [-0.1, -0.05) is 0 Å². The normalized spacial score (nSPS) is 22.4. The molecule has 3 N–H and O–H groups in total. The number of H-pyrrole nitrogens is 1. The topological polar surface area (TPSA) is 168 Å². The summed E-state index contributed by atoms with van der Waals surface area (Å²) in [4.78, 5) is 35.9. The smallest absolute Gasteiger partial charge is 0.272 e. The second-order valence-corrected chi connectivity index (χ2v) is 9.58. The van der Waals surface area contributed by atoms with Crippen LogP contribution in [0.2, 0.25) is 0 Å². The number of nitrogens with zero attached hydrogens (tertiary/aromatic N) is 7. The van der Waals surface area contributed by atoms with Crippen molar-refractivity contribution >= 4 is 17.5 Å². The molecule has 192 valence electrons. The summed E-state index contributed by atoms with van der Waals surface area (Å²) in [5, 5.41) is 20.5. The van der Waals surface area contributed by atoms with Gasteiger partial charge in [0.2, 0.25) is 11.8 Å². The summed E-state index contributed by atoms with van der Waals surface area (Å²) in [5.41, 5.74) is 7.13. The number of carbonyl (C=O) groups excluding carboxylic acids is 2. The molecule has 5 heterocycles. The maximum Gasteiger partial charge on any atom is 0.272 e. The molecule has 2 aliphatic rings. The molecule has 4 aromatic heterocycles. The Morgan fingerprint density at radius 3 is 2.92 bits per heavy atom. The van der Waals surface area contributed by atoms with E-state index >= 15 is 0 Å². The lowest BCUT2D eigenvalue weighted by Crippen LogP contribution is -2.51. The van der Waals surface area contributed by atoms with E-state index in [1.165, 1.54) is 19.2 Å². The zero-order chi connectivity index (χ0) is 26.6. The number of nitrogens with one attached hydrogen (secondary N) is 1. The number of hydrogen-bond donors (Lipinski definition) is 2. The molecule has 12 nitrogen and oxygen atoms in total.